The van der Waals surface area contributed by atoms with Gasteiger partial charge in [-0.15, -0.1) is 0 Å². The van der Waals surface area contributed by atoms with Crippen LogP contribution in [0.5, 0.6) is 5.75 Å². The lowest BCUT2D eigenvalue weighted by molar-refractivity contribution is -0.161. The van der Waals surface area contributed by atoms with Crippen LogP contribution in [0.15, 0.2) is 35.1 Å². The van der Waals surface area contributed by atoms with Crippen LogP contribution in [0.3, 0.4) is 0 Å². The molecule has 1 atom stereocenters. The van der Waals surface area contributed by atoms with Crippen LogP contribution in [-0.4, -0.2) is 27.9 Å². The maximum Gasteiger partial charge on any atom is 0.339 e. The molecule has 2 heterocycles. The third-order valence-corrected chi connectivity index (χ3v) is 6.19. The zero-order valence-corrected chi connectivity index (χ0v) is 20.1. The van der Waals surface area contributed by atoms with Crippen molar-refractivity contribution in [3.8, 4) is 16.9 Å². The molecule has 0 amide bonds. The number of ether oxygens (including phenoxy) is 2. The Morgan fingerprint density at radius 2 is 1.88 bits per heavy atom. The van der Waals surface area contributed by atoms with Gasteiger partial charge in [0.15, 0.2) is 6.10 Å². The van der Waals surface area contributed by atoms with Crippen LogP contribution in [0, 0.1) is 13.8 Å². The summed E-state index contributed by atoms with van der Waals surface area (Å²) >= 11 is 0. The van der Waals surface area contributed by atoms with Gasteiger partial charge in [-0.05, 0) is 81.7 Å². The molecule has 2 aromatic carbocycles. The number of carboxylic acids is 1. The molecule has 3 aromatic rings. The summed E-state index contributed by atoms with van der Waals surface area (Å²) in [6.45, 7) is 10.1. The van der Waals surface area contributed by atoms with E-state index in [2.05, 4.69) is 0 Å². The van der Waals surface area contributed by atoms with E-state index in [1.165, 1.54) is 4.57 Å². The van der Waals surface area contributed by atoms with Crippen LogP contribution >= 0.6 is 0 Å². The van der Waals surface area contributed by atoms with Crippen molar-refractivity contribution in [3.05, 3.63) is 63.1 Å². The van der Waals surface area contributed by atoms with E-state index in [9.17, 15) is 14.7 Å². The molecule has 1 N–H and O–H groups in total. The first kappa shape index (κ1) is 23.1. The first-order valence-electron chi connectivity index (χ1n) is 11.3. The van der Waals surface area contributed by atoms with Crippen molar-refractivity contribution < 1.29 is 19.4 Å². The van der Waals surface area contributed by atoms with Crippen molar-refractivity contribution in [2.75, 3.05) is 6.61 Å². The van der Waals surface area contributed by atoms with Crippen molar-refractivity contribution in [2.45, 2.75) is 59.2 Å². The van der Waals surface area contributed by atoms with E-state index in [1.54, 1.807) is 7.05 Å². The van der Waals surface area contributed by atoms with E-state index in [0.717, 1.165) is 51.8 Å². The lowest BCUT2D eigenvalue weighted by Gasteiger charge is -2.29. The lowest BCUT2D eigenvalue weighted by Crippen LogP contribution is -2.33. The van der Waals surface area contributed by atoms with Crippen molar-refractivity contribution in [1.82, 2.24) is 4.57 Å². The summed E-state index contributed by atoms with van der Waals surface area (Å²) in [5.41, 5.74) is 4.12. The molecule has 0 unspecified atom stereocenters. The second-order valence-electron chi connectivity index (χ2n) is 9.79. The van der Waals surface area contributed by atoms with Gasteiger partial charge in [0.05, 0.1) is 17.9 Å². The number of hydrogen-bond donors (Lipinski definition) is 1. The molecule has 6 heteroatoms. The van der Waals surface area contributed by atoms with E-state index >= 15 is 0 Å². The smallest absolute Gasteiger partial charge is 0.339 e. The molecule has 0 spiro atoms. The molecule has 33 heavy (non-hydrogen) atoms. The zero-order valence-electron chi connectivity index (χ0n) is 20.1. The van der Waals surface area contributed by atoms with Gasteiger partial charge in [-0.3, -0.25) is 4.79 Å². The van der Waals surface area contributed by atoms with Gasteiger partial charge in [-0.1, -0.05) is 23.8 Å². The van der Waals surface area contributed by atoms with Crippen molar-refractivity contribution in [1.29, 1.82) is 0 Å². The van der Waals surface area contributed by atoms with E-state index < -0.39 is 17.7 Å². The molecule has 0 aliphatic carbocycles. The second-order valence-corrected chi connectivity index (χ2v) is 9.79. The SMILES string of the molecule is Cc1ccc2c(-c3ccc4c(c3C)CCCO4)c([C@H](OC(C)(C)C)C(=O)O)n(C)c(=O)c2c1. The van der Waals surface area contributed by atoms with Gasteiger partial charge in [-0.25, -0.2) is 4.79 Å². The molecular weight excluding hydrogens is 418 g/mol. The van der Waals surface area contributed by atoms with E-state index in [-0.39, 0.29) is 5.56 Å². The highest BCUT2D eigenvalue weighted by Gasteiger charge is 2.33. The van der Waals surface area contributed by atoms with Gasteiger partial charge in [0.2, 0.25) is 0 Å². The Morgan fingerprint density at radius 3 is 2.55 bits per heavy atom. The molecule has 0 radical (unpaired) electrons. The number of nitrogens with zero attached hydrogens (tertiary/aromatic N) is 1. The van der Waals surface area contributed by atoms with E-state index in [0.29, 0.717) is 17.7 Å². The number of carboxylic acid groups (broad SMARTS) is 1. The molecule has 174 valence electrons. The minimum absolute atomic E-state index is 0.241. The van der Waals surface area contributed by atoms with Gasteiger partial charge in [-0.2, -0.15) is 0 Å². The predicted octanol–water partition coefficient (Wildman–Crippen LogP) is 5.09. The molecule has 0 saturated heterocycles. The highest BCUT2D eigenvalue weighted by atomic mass is 16.5. The number of pyridine rings is 1. The Hall–Kier alpha value is -3.12. The topological polar surface area (TPSA) is 77.8 Å². The highest BCUT2D eigenvalue weighted by Crippen LogP contribution is 2.41. The van der Waals surface area contributed by atoms with Crippen LogP contribution < -0.4 is 10.3 Å². The number of carbonyl (C=O) groups is 1. The number of aliphatic carboxylic acids is 1. The fourth-order valence-electron chi connectivity index (χ4n) is 4.70. The summed E-state index contributed by atoms with van der Waals surface area (Å²) in [5.74, 6) is -0.263. The Labute approximate surface area is 193 Å². The monoisotopic (exact) mass is 449 g/mol. The van der Waals surface area contributed by atoms with Gasteiger partial charge in [0.1, 0.15) is 5.75 Å². The summed E-state index contributed by atoms with van der Waals surface area (Å²) in [6, 6.07) is 9.65. The zero-order chi connectivity index (χ0) is 24.1. The predicted molar refractivity (Wildman–Crippen MR) is 129 cm³/mol. The second kappa shape index (κ2) is 8.34. The van der Waals surface area contributed by atoms with Crippen LogP contribution in [0.25, 0.3) is 21.9 Å². The number of fused-ring (bicyclic) bond motifs is 2. The summed E-state index contributed by atoms with van der Waals surface area (Å²) in [5, 5.41) is 11.5. The normalized spacial score (nSPS) is 14.6. The molecule has 1 aromatic heterocycles. The third kappa shape index (κ3) is 4.15. The molecule has 4 rings (SSSR count). The van der Waals surface area contributed by atoms with Crippen LogP contribution in [0.4, 0.5) is 0 Å². The number of hydrogen-bond acceptors (Lipinski definition) is 4. The van der Waals surface area contributed by atoms with Crippen LogP contribution in [0.2, 0.25) is 0 Å². The molecule has 0 bridgehead atoms. The maximum atomic E-state index is 13.4. The third-order valence-electron chi connectivity index (χ3n) is 6.19. The molecule has 0 saturated carbocycles. The number of aryl methyl sites for hydroxylation is 1. The maximum absolute atomic E-state index is 13.4. The summed E-state index contributed by atoms with van der Waals surface area (Å²) < 4.78 is 13.3. The number of rotatable bonds is 4. The molecule has 6 nitrogen and oxygen atoms in total. The first-order valence-corrected chi connectivity index (χ1v) is 11.3. The van der Waals surface area contributed by atoms with E-state index in [1.807, 2.05) is 65.0 Å². The quantitative estimate of drug-likeness (QED) is 0.600. The summed E-state index contributed by atoms with van der Waals surface area (Å²) in [7, 11) is 1.63. The fourth-order valence-corrected chi connectivity index (χ4v) is 4.70. The Balaban J connectivity index is 2.14. The summed E-state index contributed by atoms with van der Waals surface area (Å²) in [6.07, 6.45) is 0.520. The molecular formula is C27H31NO5. The highest BCUT2D eigenvalue weighted by molar-refractivity contribution is 6.00. The van der Waals surface area contributed by atoms with Gasteiger partial charge < -0.3 is 19.1 Å². The van der Waals surface area contributed by atoms with Gasteiger partial charge in [0.25, 0.3) is 5.56 Å². The Kier molecular flexibility index (Phi) is 5.83. The lowest BCUT2D eigenvalue weighted by atomic mass is 9.87. The minimum atomic E-state index is -1.31. The first-order chi connectivity index (χ1) is 15.5. The molecule has 1 aliphatic rings. The van der Waals surface area contributed by atoms with Crippen LogP contribution in [0.1, 0.15) is 55.7 Å². The Bertz CT molecular complexity index is 1310. The fraction of sp³-hybridized carbons (Fsp3) is 0.407. The minimum Gasteiger partial charge on any atom is -0.493 e. The molecule has 1 aliphatic heterocycles. The Morgan fingerprint density at radius 1 is 1.15 bits per heavy atom. The van der Waals surface area contributed by atoms with E-state index in [4.69, 9.17) is 9.47 Å². The van der Waals surface area contributed by atoms with Crippen molar-refractivity contribution in [2.24, 2.45) is 7.05 Å². The van der Waals surface area contributed by atoms with Crippen molar-refractivity contribution in [3.63, 3.8) is 0 Å². The molecule has 0 fully saturated rings. The number of benzene rings is 2. The average molecular weight is 450 g/mol. The van der Waals surface area contributed by atoms with Crippen LogP contribution in [-0.2, 0) is 23.0 Å². The average Bonchev–Trinajstić information content (AvgIpc) is 2.75. The number of aromatic nitrogens is 1. The van der Waals surface area contributed by atoms with Crippen molar-refractivity contribution >= 4 is 16.7 Å². The summed E-state index contributed by atoms with van der Waals surface area (Å²) in [4.78, 5) is 25.9. The largest absolute Gasteiger partial charge is 0.493 e. The van der Waals surface area contributed by atoms with Gasteiger partial charge >= 0.3 is 5.97 Å². The standard InChI is InChI=1S/C27H31NO5/c1-15-9-10-19-20(14-15)25(29)28(6)23(24(26(30)31)33-27(3,4)5)22(19)18-11-12-21-17(16(18)2)8-7-13-32-21/h9-12,14,24H,7-8,13H2,1-6H3,(H,30,31)/t24-/m0/s1. The van der Waals surface area contributed by atoms with Gasteiger partial charge in [0, 0.05) is 18.0 Å².